The molecule has 2 heteroatoms. The van der Waals surface area contributed by atoms with Crippen LogP contribution in [0.3, 0.4) is 0 Å². The van der Waals surface area contributed by atoms with Gasteiger partial charge in [-0.1, -0.05) is 13.8 Å². The first-order valence-corrected chi connectivity index (χ1v) is 3.20. The van der Waals surface area contributed by atoms with Crippen molar-refractivity contribution < 1.29 is 4.79 Å². The van der Waals surface area contributed by atoms with Crippen LogP contribution in [-0.4, -0.2) is 10.8 Å². The Labute approximate surface area is 60.3 Å². The molecule has 0 saturated carbocycles. The number of Topliss-reactive ketones (excluding diaryl/α,β-unsaturated/α-hetero) is 1. The summed E-state index contributed by atoms with van der Waals surface area (Å²) in [4.78, 5) is 14.0. The van der Waals surface area contributed by atoms with Crippen LogP contribution >= 0.6 is 0 Å². The van der Waals surface area contributed by atoms with E-state index in [2.05, 4.69) is 4.98 Å². The topological polar surface area (TPSA) is 32.9 Å². The molecule has 1 aromatic heterocycles. The fraction of sp³-hybridized carbons (Fsp3) is 0.250. The van der Waals surface area contributed by atoms with Gasteiger partial charge in [0.25, 0.3) is 0 Å². The number of ketones is 1. The molecule has 0 unspecified atom stereocenters. The highest BCUT2D eigenvalue weighted by Gasteiger charge is 2.10. The second-order valence-electron chi connectivity index (χ2n) is 2.41. The van der Waals surface area contributed by atoms with E-state index in [1.54, 1.807) is 12.3 Å². The quantitative estimate of drug-likeness (QED) is 0.618. The van der Waals surface area contributed by atoms with E-state index in [9.17, 15) is 4.79 Å². The van der Waals surface area contributed by atoms with Gasteiger partial charge in [-0.2, -0.15) is 0 Å². The van der Waals surface area contributed by atoms with Crippen LogP contribution in [0.4, 0.5) is 0 Å². The molecule has 2 nitrogen and oxygen atoms in total. The molecule has 0 aliphatic heterocycles. The first-order chi connectivity index (χ1) is 4.72. The lowest BCUT2D eigenvalue weighted by Crippen LogP contribution is -2.05. The van der Waals surface area contributed by atoms with E-state index in [-0.39, 0.29) is 5.78 Å². The van der Waals surface area contributed by atoms with Gasteiger partial charge in [-0.25, -0.2) is 0 Å². The van der Waals surface area contributed by atoms with Gasteiger partial charge in [-0.05, 0) is 12.1 Å². The highest BCUT2D eigenvalue weighted by Crippen LogP contribution is 2.06. The van der Waals surface area contributed by atoms with Gasteiger partial charge in [-0.15, -0.1) is 0 Å². The van der Waals surface area contributed by atoms with Gasteiger partial charge in [0, 0.05) is 12.1 Å². The molecule has 1 N–H and O–H groups in total. The fourth-order valence-electron chi connectivity index (χ4n) is 0.741. The summed E-state index contributed by atoms with van der Waals surface area (Å²) in [6, 6.07) is 3.59. The van der Waals surface area contributed by atoms with Crippen LogP contribution in [-0.2, 0) is 0 Å². The van der Waals surface area contributed by atoms with Gasteiger partial charge in [0.2, 0.25) is 0 Å². The summed E-state index contributed by atoms with van der Waals surface area (Å²) in [6.45, 7) is 3.62. The molecule has 0 atom stereocenters. The number of rotatable bonds is 2. The molecule has 0 aromatic carbocycles. The maximum atomic E-state index is 11.1. The Hall–Kier alpha value is -1.05. The molecule has 0 amide bonds. The Bertz CT molecular complexity index is 211. The molecule has 10 heavy (non-hydrogen) atoms. The van der Waals surface area contributed by atoms with E-state index >= 15 is 0 Å². The van der Waals surface area contributed by atoms with Gasteiger partial charge < -0.3 is 4.98 Å². The smallest absolute Gasteiger partial charge is 0.185 e. The summed E-state index contributed by atoms with van der Waals surface area (Å²) < 4.78 is 0. The maximum Gasteiger partial charge on any atom is 0.185 e. The van der Waals surface area contributed by atoms with Crippen molar-refractivity contribution in [3.05, 3.63) is 29.9 Å². The van der Waals surface area contributed by atoms with Crippen molar-refractivity contribution in [3.63, 3.8) is 0 Å². The highest BCUT2D eigenvalue weighted by molar-refractivity contribution is 6.03. The molecule has 1 heterocycles. The van der Waals surface area contributed by atoms with E-state index in [0.29, 0.717) is 5.69 Å². The third kappa shape index (κ3) is 1.26. The van der Waals surface area contributed by atoms with Gasteiger partial charge >= 0.3 is 0 Å². The second kappa shape index (κ2) is 2.69. The SMILES string of the molecule is C[C](C)C(=O)c1ccc[nH]1. The maximum absolute atomic E-state index is 11.1. The van der Waals surface area contributed by atoms with Crippen molar-refractivity contribution in [3.8, 4) is 0 Å². The molecule has 0 aliphatic carbocycles. The van der Waals surface area contributed by atoms with Crippen molar-refractivity contribution in [2.75, 3.05) is 0 Å². The third-order valence-corrected chi connectivity index (χ3v) is 1.30. The molecule has 0 spiro atoms. The average molecular weight is 136 g/mol. The summed E-state index contributed by atoms with van der Waals surface area (Å²) in [5.41, 5.74) is 0.667. The molecule has 0 saturated heterocycles. The minimum Gasteiger partial charge on any atom is -0.359 e. The van der Waals surface area contributed by atoms with Crippen molar-refractivity contribution in [2.24, 2.45) is 0 Å². The lowest BCUT2D eigenvalue weighted by molar-refractivity contribution is 0.100. The van der Waals surface area contributed by atoms with Crippen LogP contribution in [0.15, 0.2) is 18.3 Å². The lowest BCUT2D eigenvalue weighted by atomic mass is 10.1. The van der Waals surface area contributed by atoms with Crippen LogP contribution < -0.4 is 0 Å². The predicted molar refractivity (Wildman–Crippen MR) is 39.7 cm³/mol. The number of hydrogen-bond donors (Lipinski definition) is 1. The van der Waals surface area contributed by atoms with Crippen LogP contribution in [0.25, 0.3) is 0 Å². The Kier molecular flexibility index (Phi) is 1.90. The molecule has 1 aromatic rings. The lowest BCUT2D eigenvalue weighted by Gasteiger charge is -1.98. The molecular formula is C8H10NO. The summed E-state index contributed by atoms with van der Waals surface area (Å²) in [6.07, 6.45) is 1.75. The predicted octanol–water partition coefficient (Wildman–Crippen LogP) is 1.81. The number of aromatic nitrogens is 1. The van der Waals surface area contributed by atoms with Crippen LogP contribution in [0.1, 0.15) is 24.3 Å². The monoisotopic (exact) mass is 136 g/mol. The van der Waals surface area contributed by atoms with E-state index in [4.69, 9.17) is 0 Å². The van der Waals surface area contributed by atoms with Gasteiger partial charge in [-0.3, -0.25) is 4.79 Å². The van der Waals surface area contributed by atoms with Gasteiger partial charge in [0.15, 0.2) is 5.78 Å². The van der Waals surface area contributed by atoms with E-state index in [1.807, 2.05) is 19.9 Å². The van der Waals surface area contributed by atoms with E-state index in [1.165, 1.54) is 0 Å². The molecule has 1 rings (SSSR count). The zero-order valence-corrected chi connectivity index (χ0v) is 6.14. The number of hydrogen-bond acceptors (Lipinski definition) is 1. The molecule has 53 valence electrons. The second-order valence-corrected chi connectivity index (χ2v) is 2.41. The summed E-state index contributed by atoms with van der Waals surface area (Å²) in [7, 11) is 0. The van der Waals surface area contributed by atoms with Crippen LogP contribution in [0.5, 0.6) is 0 Å². The molecule has 0 aliphatic rings. The Balaban J connectivity index is 2.78. The summed E-state index contributed by atoms with van der Waals surface area (Å²) >= 11 is 0. The first kappa shape index (κ1) is 7.06. The Morgan fingerprint density at radius 2 is 2.20 bits per heavy atom. The zero-order valence-electron chi connectivity index (χ0n) is 6.14. The van der Waals surface area contributed by atoms with Crippen molar-refractivity contribution in [2.45, 2.75) is 13.8 Å². The molecule has 1 radical (unpaired) electrons. The Morgan fingerprint density at radius 1 is 1.50 bits per heavy atom. The molecule has 0 bridgehead atoms. The first-order valence-electron chi connectivity index (χ1n) is 3.20. The summed E-state index contributed by atoms with van der Waals surface area (Å²) in [5.74, 6) is 0.896. The number of carbonyl (C=O) groups excluding carboxylic acids is 1. The third-order valence-electron chi connectivity index (χ3n) is 1.30. The molecular weight excluding hydrogens is 126 g/mol. The van der Waals surface area contributed by atoms with Crippen LogP contribution in [0, 0.1) is 5.92 Å². The minimum absolute atomic E-state index is 0.0880. The van der Waals surface area contributed by atoms with Crippen molar-refractivity contribution >= 4 is 5.78 Å². The highest BCUT2D eigenvalue weighted by atomic mass is 16.1. The van der Waals surface area contributed by atoms with E-state index in [0.717, 1.165) is 5.92 Å². The summed E-state index contributed by atoms with van der Waals surface area (Å²) in [5, 5.41) is 0. The van der Waals surface area contributed by atoms with E-state index < -0.39 is 0 Å². The number of H-pyrrole nitrogens is 1. The number of carbonyl (C=O) groups is 1. The zero-order chi connectivity index (χ0) is 7.56. The molecule has 0 fully saturated rings. The van der Waals surface area contributed by atoms with Crippen LogP contribution in [0.2, 0.25) is 0 Å². The van der Waals surface area contributed by atoms with Crippen molar-refractivity contribution in [1.82, 2.24) is 4.98 Å². The normalized spacial score (nSPS) is 10.3. The fourth-order valence-corrected chi connectivity index (χ4v) is 0.741. The van der Waals surface area contributed by atoms with Crippen molar-refractivity contribution in [1.29, 1.82) is 0 Å². The standard InChI is InChI=1S/C8H10NO/c1-6(2)8(10)7-4-3-5-9-7/h3-5,9H,1-2H3. The minimum atomic E-state index is 0.0880. The average Bonchev–Trinajstić information content (AvgIpc) is 2.36. The number of nitrogens with one attached hydrogen (secondary N) is 1. The van der Waals surface area contributed by atoms with Gasteiger partial charge in [0.05, 0.1) is 5.69 Å². The largest absolute Gasteiger partial charge is 0.359 e. The number of aromatic amines is 1. The Morgan fingerprint density at radius 3 is 2.60 bits per heavy atom. The van der Waals surface area contributed by atoms with Gasteiger partial charge in [0.1, 0.15) is 0 Å².